The van der Waals surface area contributed by atoms with Crippen molar-refractivity contribution < 1.29 is 18.0 Å². The van der Waals surface area contributed by atoms with E-state index in [-0.39, 0.29) is 22.1 Å². The number of nitrogens with two attached hydrogens (primary N) is 1. The second-order valence-electron chi connectivity index (χ2n) is 6.15. The Morgan fingerprint density at radius 3 is 2.52 bits per heavy atom. The molecule has 7 nitrogen and oxygen atoms in total. The molecule has 0 saturated heterocycles. The van der Waals surface area contributed by atoms with Gasteiger partial charge in [-0.25, -0.2) is 8.42 Å². The molecule has 136 valence electrons. The molecular weight excluding hydrogens is 366 g/mol. The van der Waals surface area contributed by atoms with Crippen LogP contribution in [-0.2, 0) is 10.0 Å². The average Bonchev–Trinajstić information content (AvgIpc) is 2.98. The highest BCUT2D eigenvalue weighted by Crippen LogP contribution is 2.38. The van der Waals surface area contributed by atoms with Gasteiger partial charge in [0, 0.05) is 29.1 Å². The number of rotatable bonds is 4. The Hall–Kier alpha value is -3.39. The Kier molecular flexibility index (Phi) is 3.67. The fraction of sp³-hybridized carbons (Fsp3) is 0.0526. The number of anilines is 2. The summed E-state index contributed by atoms with van der Waals surface area (Å²) < 4.78 is 27.7. The highest BCUT2D eigenvalue weighted by atomic mass is 32.2. The van der Waals surface area contributed by atoms with E-state index in [2.05, 4.69) is 5.32 Å². The van der Waals surface area contributed by atoms with Crippen LogP contribution < -0.4 is 15.4 Å². The highest BCUT2D eigenvalue weighted by molar-refractivity contribution is 7.93. The van der Waals surface area contributed by atoms with Gasteiger partial charge >= 0.3 is 0 Å². The van der Waals surface area contributed by atoms with Crippen LogP contribution in [-0.4, -0.2) is 27.3 Å². The van der Waals surface area contributed by atoms with Crippen molar-refractivity contribution >= 4 is 44.0 Å². The zero-order valence-corrected chi connectivity index (χ0v) is 15.1. The first-order valence-corrected chi connectivity index (χ1v) is 9.51. The van der Waals surface area contributed by atoms with Crippen LogP contribution in [0.15, 0.2) is 59.5 Å². The van der Waals surface area contributed by atoms with Crippen molar-refractivity contribution in [2.24, 2.45) is 5.73 Å². The number of nitrogens with zero attached hydrogens (tertiary/aromatic N) is 1. The van der Waals surface area contributed by atoms with Crippen LogP contribution in [0.1, 0.15) is 20.7 Å². The van der Waals surface area contributed by atoms with Gasteiger partial charge in [0.2, 0.25) is 0 Å². The van der Waals surface area contributed by atoms with E-state index in [4.69, 9.17) is 5.73 Å². The Bertz CT molecular complexity index is 1230. The molecule has 0 unspecified atom stereocenters. The quantitative estimate of drug-likeness (QED) is 0.723. The summed E-state index contributed by atoms with van der Waals surface area (Å²) in [7, 11) is -2.65. The summed E-state index contributed by atoms with van der Waals surface area (Å²) >= 11 is 0. The summed E-state index contributed by atoms with van der Waals surface area (Å²) in [4.78, 5) is 23.8. The van der Waals surface area contributed by atoms with Gasteiger partial charge < -0.3 is 11.1 Å². The molecule has 3 aromatic rings. The van der Waals surface area contributed by atoms with Crippen molar-refractivity contribution in [2.75, 3.05) is 16.7 Å². The molecule has 1 aliphatic heterocycles. The molecular formula is C19H15N3O4S. The first-order chi connectivity index (χ1) is 12.8. The average molecular weight is 381 g/mol. The lowest BCUT2D eigenvalue weighted by Gasteiger charge is -2.22. The first-order valence-electron chi connectivity index (χ1n) is 8.07. The fourth-order valence-electron chi connectivity index (χ4n) is 3.32. The van der Waals surface area contributed by atoms with E-state index >= 15 is 0 Å². The lowest BCUT2D eigenvalue weighted by Crippen LogP contribution is -2.29. The molecule has 27 heavy (non-hydrogen) atoms. The maximum atomic E-state index is 13.3. The predicted octanol–water partition coefficient (Wildman–Crippen LogP) is 2.33. The third kappa shape index (κ3) is 2.45. The molecule has 0 spiro atoms. The van der Waals surface area contributed by atoms with Gasteiger partial charge in [-0.3, -0.25) is 13.9 Å². The second kappa shape index (κ2) is 5.82. The molecule has 0 aromatic heterocycles. The summed E-state index contributed by atoms with van der Waals surface area (Å²) in [5.41, 5.74) is 6.67. The van der Waals surface area contributed by atoms with Crippen LogP contribution in [0.2, 0.25) is 0 Å². The maximum absolute atomic E-state index is 13.3. The van der Waals surface area contributed by atoms with Gasteiger partial charge in [0.25, 0.3) is 21.8 Å². The smallest absolute Gasteiger partial charge is 0.264 e. The van der Waals surface area contributed by atoms with Gasteiger partial charge in [-0.2, -0.15) is 0 Å². The zero-order valence-electron chi connectivity index (χ0n) is 14.3. The summed E-state index contributed by atoms with van der Waals surface area (Å²) in [6.07, 6.45) is 0. The third-order valence-electron chi connectivity index (χ3n) is 4.64. The van der Waals surface area contributed by atoms with Gasteiger partial charge in [0.1, 0.15) is 0 Å². The van der Waals surface area contributed by atoms with E-state index in [1.165, 1.54) is 25.2 Å². The topological polar surface area (TPSA) is 110 Å². The molecule has 1 heterocycles. The van der Waals surface area contributed by atoms with Crippen molar-refractivity contribution in [3.05, 3.63) is 65.7 Å². The van der Waals surface area contributed by atoms with Crippen molar-refractivity contribution in [1.82, 2.24) is 0 Å². The monoisotopic (exact) mass is 381 g/mol. The number of primary amides is 1. The molecule has 8 heteroatoms. The fourth-order valence-corrected chi connectivity index (χ4v) is 4.72. The van der Waals surface area contributed by atoms with Crippen molar-refractivity contribution in [3.63, 3.8) is 0 Å². The lowest BCUT2D eigenvalue weighted by molar-refractivity contribution is 0.0998. The Labute approximate surface area is 155 Å². The normalized spacial score (nSPS) is 12.9. The Morgan fingerprint density at radius 1 is 1.04 bits per heavy atom. The van der Waals surface area contributed by atoms with Crippen molar-refractivity contribution in [1.29, 1.82) is 0 Å². The van der Waals surface area contributed by atoms with Gasteiger partial charge in [-0.15, -0.1) is 0 Å². The summed E-state index contributed by atoms with van der Waals surface area (Å²) in [5, 5.41) is 3.73. The molecule has 3 aromatic carbocycles. The van der Waals surface area contributed by atoms with Gasteiger partial charge in [-0.1, -0.05) is 24.3 Å². The molecule has 0 atom stereocenters. The van der Waals surface area contributed by atoms with E-state index in [1.54, 1.807) is 36.4 Å². The first kappa shape index (κ1) is 17.0. The minimum atomic E-state index is -4.01. The van der Waals surface area contributed by atoms with Crippen LogP contribution in [0.3, 0.4) is 0 Å². The predicted molar refractivity (Wildman–Crippen MR) is 102 cm³/mol. The number of hydrogen-bond acceptors (Lipinski definition) is 4. The Morgan fingerprint density at radius 2 is 1.78 bits per heavy atom. The van der Waals surface area contributed by atoms with E-state index < -0.39 is 15.9 Å². The molecule has 0 saturated carbocycles. The highest BCUT2D eigenvalue weighted by Gasteiger charge is 2.29. The van der Waals surface area contributed by atoms with Gasteiger partial charge in [-0.05, 0) is 30.3 Å². The lowest BCUT2D eigenvalue weighted by atomic mass is 10.1. The number of carbonyl (C=O) groups is 2. The van der Waals surface area contributed by atoms with Gasteiger partial charge in [0.15, 0.2) is 0 Å². The van der Waals surface area contributed by atoms with E-state index in [1.807, 2.05) is 0 Å². The number of nitrogens with one attached hydrogen (secondary N) is 1. The van der Waals surface area contributed by atoms with Crippen LogP contribution >= 0.6 is 0 Å². The third-order valence-corrected chi connectivity index (χ3v) is 6.47. The van der Waals surface area contributed by atoms with Crippen LogP contribution in [0.5, 0.6) is 0 Å². The minimum Gasteiger partial charge on any atom is -0.366 e. The summed E-state index contributed by atoms with van der Waals surface area (Å²) in [6.45, 7) is 0. The molecule has 3 N–H and O–H groups in total. The van der Waals surface area contributed by atoms with Crippen molar-refractivity contribution in [3.8, 4) is 0 Å². The van der Waals surface area contributed by atoms with Gasteiger partial charge in [0.05, 0.1) is 16.1 Å². The molecule has 4 rings (SSSR count). The summed E-state index contributed by atoms with van der Waals surface area (Å²) in [6, 6.07) is 14.2. The Balaban J connectivity index is 1.93. The SMILES string of the molecule is CN(c1ccccc1C(N)=O)S(=O)(=O)c1ccc2c3c(cccc13)C(=O)N2. The molecule has 0 radical (unpaired) electrons. The van der Waals surface area contributed by atoms with Crippen LogP contribution in [0.4, 0.5) is 11.4 Å². The number of carbonyl (C=O) groups excluding carboxylic acids is 2. The second-order valence-corrected chi connectivity index (χ2v) is 8.09. The van der Waals surface area contributed by atoms with Crippen LogP contribution in [0, 0.1) is 0 Å². The minimum absolute atomic E-state index is 0.0429. The maximum Gasteiger partial charge on any atom is 0.264 e. The van der Waals surface area contributed by atoms with Crippen molar-refractivity contribution in [2.45, 2.75) is 4.90 Å². The number of hydrogen-bond donors (Lipinski definition) is 2. The molecule has 0 aliphatic carbocycles. The molecule has 1 aliphatic rings. The largest absolute Gasteiger partial charge is 0.366 e. The van der Waals surface area contributed by atoms with Crippen LogP contribution in [0.25, 0.3) is 10.8 Å². The zero-order chi connectivity index (χ0) is 19.3. The number of benzene rings is 3. The van der Waals surface area contributed by atoms with E-state index in [9.17, 15) is 18.0 Å². The summed E-state index contributed by atoms with van der Waals surface area (Å²) in [5.74, 6) is -0.986. The van der Waals surface area contributed by atoms with E-state index in [0.29, 0.717) is 22.0 Å². The molecule has 0 bridgehead atoms. The molecule has 2 amide bonds. The number of para-hydroxylation sites is 1. The standard InChI is InChI=1S/C19H15N3O4S/c1-22(15-8-3-2-5-11(15)18(20)23)27(25,26)16-10-9-14-17-12(16)6-4-7-13(17)19(24)21-14/h2-10H,1H3,(H2,20,23)(H,21,24). The molecule has 0 fully saturated rings. The van der Waals surface area contributed by atoms with E-state index in [0.717, 1.165) is 4.31 Å². The number of sulfonamides is 1. The number of amides is 2.